The number of carbonyl (C=O) groups excluding carboxylic acids is 1. The van der Waals surface area contributed by atoms with Gasteiger partial charge >= 0.3 is 0 Å². The minimum atomic E-state index is -0.240. The Bertz CT molecular complexity index is 556. The minimum absolute atomic E-state index is 0.102. The Labute approximate surface area is 104 Å². The minimum Gasteiger partial charge on any atom is -0.373 e. The van der Waals surface area contributed by atoms with Crippen molar-refractivity contribution >= 4 is 23.5 Å². The lowest BCUT2D eigenvalue weighted by atomic mass is 10.2. The summed E-state index contributed by atoms with van der Waals surface area (Å²) < 4.78 is 0. The van der Waals surface area contributed by atoms with E-state index in [9.17, 15) is 4.79 Å². The number of hydrogen-bond donors (Lipinski definition) is 3. The van der Waals surface area contributed by atoms with Crippen LogP contribution in [0.25, 0.3) is 0 Å². The van der Waals surface area contributed by atoms with E-state index in [2.05, 4.69) is 20.6 Å². The maximum absolute atomic E-state index is 11.9. The number of hydrogen-bond acceptors (Lipinski definition) is 5. The van der Waals surface area contributed by atoms with Gasteiger partial charge in [-0.1, -0.05) is 18.2 Å². The molecular weight excluding hydrogens is 230 g/mol. The molecule has 18 heavy (non-hydrogen) atoms. The van der Waals surface area contributed by atoms with Gasteiger partial charge in [-0.15, -0.1) is 0 Å². The zero-order chi connectivity index (χ0) is 13.0. The highest BCUT2D eigenvalue weighted by atomic mass is 16.1. The van der Waals surface area contributed by atoms with Crippen LogP contribution in [0.15, 0.2) is 36.4 Å². The van der Waals surface area contributed by atoms with E-state index in [1.807, 2.05) is 6.07 Å². The van der Waals surface area contributed by atoms with Crippen molar-refractivity contribution in [2.75, 3.05) is 23.4 Å². The van der Waals surface area contributed by atoms with E-state index in [0.717, 1.165) is 0 Å². The molecule has 0 saturated heterocycles. The van der Waals surface area contributed by atoms with Gasteiger partial charge in [0.25, 0.3) is 5.91 Å². The molecule has 1 amide bonds. The van der Waals surface area contributed by atoms with Gasteiger partial charge in [-0.05, 0) is 12.1 Å². The number of benzene rings is 1. The van der Waals surface area contributed by atoms with Crippen molar-refractivity contribution in [3.8, 4) is 0 Å². The van der Waals surface area contributed by atoms with Crippen molar-refractivity contribution < 1.29 is 4.79 Å². The van der Waals surface area contributed by atoms with E-state index in [4.69, 9.17) is 5.73 Å². The van der Waals surface area contributed by atoms with E-state index in [1.54, 1.807) is 37.4 Å². The largest absolute Gasteiger partial charge is 0.373 e. The summed E-state index contributed by atoms with van der Waals surface area (Å²) >= 11 is 0. The molecule has 6 nitrogen and oxygen atoms in total. The molecular formula is C12H13N5O. The third-order valence-corrected chi connectivity index (χ3v) is 2.28. The van der Waals surface area contributed by atoms with E-state index in [0.29, 0.717) is 17.2 Å². The van der Waals surface area contributed by atoms with Gasteiger partial charge in [0.2, 0.25) is 5.95 Å². The fraction of sp³-hybridized carbons (Fsp3) is 0.0833. The molecule has 0 saturated carbocycles. The Morgan fingerprint density at radius 3 is 2.50 bits per heavy atom. The first kappa shape index (κ1) is 11.8. The lowest BCUT2D eigenvalue weighted by Gasteiger charge is -2.07. The number of amides is 1. The van der Waals surface area contributed by atoms with Crippen molar-refractivity contribution in [3.63, 3.8) is 0 Å². The van der Waals surface area contributed by atoms with Gasteiger partial charge < -0.3 is 16.4 Å². The van der Waals surface area contributed by atoms with Gasteiger partial charge in [0.15, 0.2) is 0 Å². The summed E-state index contributed by atoms with van der Waals surface area (Å²) in [5.74, 6) is 0.771. The lowest BCUT2D eigenvalue weighted by molar-refractivity contribution is 0.102. The van der Waals surface area contributed by atoms with Crippen LogP contribution in [0.5, 0.6) is 0 Å². The molecule has 2 aromatic rings. The van der Waals surface area contributed by atoms with Crippen LogP contribution in [-0.4, -0.2) is 22.9 Å². The van der Waals surface area contributed by atoms with Crippen LogP contribution in [0.2, 0.25) is 0 Å². The predicted molar refractivity (Wildman–Crippen MR) is 70.4 cm³/mol. The molecule has 0 radical (unpaired) electrons. The Kier molecular flexibility index (Phi) is 3.38. The fourth-order valence-corrected chi connectivity index (χ4v) is 1.44. The molecule has 1 heterocycles. The molecule has 92 valence electrons. The molecule has 0 atom stereocenters. The molecule has 6 heteroatoms. The quantitative estimate of drug-likeness (QED) is 0.756. The second-order valence-electron chi connectivity index (χ2n) is 3.57. The van der Waals surface area contributed by atoms with E-state index in [1.165, 1.54) is 0 Å². The van der Waals surface area contributed by atoms with Gasteiger partial charge in [-0.3, -0.25) is 4.79 Å². The smallest absolute Gasteiger partial charge is 0.256 e. The molecule has 1 aromatic heterocycles. The molecule has 0 spiro atoms. The van der Waals surface area contributed by atoms with Gasteiger partial charge in [-0.25, -0.2) is 0 Å². The van der Waals surface area contributed by atoms with Crippen LogP contribution in [0.1, 0.15) is 10.4 Å². The molecule has 4 N–H and O–H groups in total. The number of nitrogens with two attached hydrogens (primary N) is 1. The molecule has 1 aromatic carbocycles. The highest BCUT2D eigenvalue weighted by molar-refractivity contribution is 6.03. The number of anilines is 3. The van der Waals surface area contributed by atoms with Crippen molar-refractivity contribution in [1.29, 1.82) is 0 Å². The lowest BCUT2D eigenvalue weighted by Crippen LogP contribution is -2.14. The average molecular weight is 243 g/mol. The van der Waals surface area contributed by atoms with Gasteiger partial charge in [-0.2, -0.15) is 9.97 Å². The van der Waals surface area contributed by atoms with Crippen molar-refractivity contribution in [2.24, 2.45) is 0 Å². The van der Waals surface area contributed by atoms with Crippen LogP contribution in [-0.2, 0) is 0 Å². The Morgan fingerprint density at radius 1 is 1.17 bits per heavy atom. The molecule has 0 fully saturated rings. The number of nitrogens with one attached hydrogen (secondary N) is 2. The van der Waals surface area contributed by atoms with Gasteiger partial charge in [0.05, 0.1) is 0 Å². The first-order valence-corrected chi connectivity index (χ1v) is 5.38. The summed E-state index contributed by atoms with van der Waals surface area (Å²) in [6.45, 7) is 0. The second-order valence-corrected chi connectivity index (χ2v) is 3.57. The summed E-state index contributed by atoms with van der Waals surface area (Å²) in [6.07, 6.45) is 0. The molecule has 0 unspecified atom stereocenters. The molecule has 0 aliphatic heterocycles. The number of carbonyl (C=O) groups is 1. The summed E-state index contributed by atoms with van der Waals surface area (Å²) in [5.41, 5.74) is 6.09. The van der Waals surface area contributed by atoms with Crippen molar-refractivity contribution in [1.82, 2.24) is 9.97 Å². The van der Waals surface area contributed by atoms with E-state index >= 15 is 0 Å². The van der Waals surface area contributed by atoms with Crippen LogP contribution >= 0.6 is 0 Å². The van der Waals surface area contributed by atoms with Crippen LogP contribution in [0, 0.1) is 0 Å². The predicted octanol–water partition coefficient (Wildman–Crippen LogP) is 1.35. The monoisotopic (exact) mass is 243 g/mol. The van der Waals surface area contributed by atoms with E-state index in [-0.39, 0.29) is 11.9 Å². The maximum Gasteiger partial charge on any atom is 0.256 e. The summed E-state index contributed by atoms with van der Waals surface area (Å²) in [4.78, 5) is 19.8. The highest BCUT2D eigenvalue weighted by Gasteiger charge is 2.07. The Balaban J connectivity index is 2.19. The second kappa shape index (κ2) is 5.13. The average Bonchev–Trinajstić information content (AvgIpc) is 2.39. The number of nitrogens with zero attached hydrogens (tertiary/aromatic N) is 2. The number of aromatic nitrogens is 2. The standard InChI is InChI=1S/C12H13N5O/c1-14-9-7-10(17-12(13)16-9)15-11(18)8-5-3-2-4-6-8/h2-7H,1H3,(H4,13,14,15,16,17,18). The first-order valence-electron chi connectivity index (χ1n) is 5.38. The first-order chi connectivity index (χ1) is 8.69. The van der Waals surface area contributed by atoms with Crippen LogP contribution < -0.4 is 16.4 Å². The summed E-state index contributed by atoms with van der Waals surface area (Å²) in [5, 5.41) is 5.50. The van der Waals surface area contributed by atoms with Gasteiger partial charge in [0, 0.05) is 18.7 Å². The highest BCUT2D eigenvalue weighted by Crippen LogP contribution is 2.13. The van der Waals surface area contributed by atoms with Crippen LogP contribution in [0.4, 0.5) is 17.6 Å². The van der Waals surface area contributed by atoms with E-state index < -0.39 is 0 Å². The summed E-state index contributed by atoms with van der Waals surface area (Å²) in [7, 11) is 1.71. The normalized spacial score (nSPS) is 9.83. The van der Waals surface area contributed by atoms with Crippen LogP contribution in [0.3, 0.4) is 0 Å². The Hall–Kier alpha value is -2.63. The summed E-state index contributed by atoms with van der Waals surface area (Å²) in [6, 6.07) is 10.5. The van der Waals surface area contributed by atoms with Crippen molar-refractivity contribution in [3.05, 3.63) is 42.0 Å². The zero-order valence-electron chi connectivity index (χ0n) is 9.84. The third-order valence-electron chi connectivity index (χ3n) is 2.28. The molecule has 0 aliphatic rings. The maximum atomic E-state index is 11.9. The van der Waals surface area contributed by atoms with Gasteiger partial charge in [0.1, 0.15) is 11.6 Å². The SMILES string of the molecule is CNc1cc(NC(=O)c2ccccc2)nc(N)n1. The molecule has 2 rings (SSSR count). The number of nitrogen functional groups attached to an aromatic ring is 1. The fourth-order valence-electron chi connectivity index (χ4n) is 1.44. The third kappa shape index (κ3) is 2.73. The topological polar surface area (TPSA) is 92.9 Å². The number of rotatable bonds is 3. The zero-order valence-corrected chi connectivity index (χ0v) is 9.84. The molecule has 0 bridgehead atoms. The molecule has 0 aliphatic carbocycles. The van der Waals surface area contributed by atoms with Crippen molar-refractivity contribution in [2.45, 2.75) is 0 Å². The Morgan fingerprint density at radius 2 is 1.83 bits per heavy atom.